The number of aryl methyl sites for hydroxylation is 1. The van der Waals surface area contributed by atoms with Crippen molar-refractivity contribution in [2.24, 2.45) is 5.92 Å². The highest BCUT2D eigenvalue weighted by Gasteiger charge is 2.02. The molecule has 0 aromatic heterocycles. The molecule has 1 unspecified atom stereocenters. The van der Waals surface area contributed by atoms with E-state index in [1.165, 1.54) is 43.2 Å². The van der Waals surface area contributed by atoms with Crippen LogP contribution in [-0.4, -0.2) is 0 Å². The summed E-state index contributed by atoms with van der Waals surface area (Å²) in [7, 11) is 0. The first-order chi connectivity index (χ1) is 8.26. The van der Waals surface area contributed by atoms with Crippen LogP contribution in [0.25, 0.3) is 6.08 Å². The lowest BCUT2D eigenvalue weighted by atomic mass is 9.96. The normalized spacial score (nSPS) is 13.1. The van der Waals surface area contributed by atoms with Gasteiger partial charge in [0.15, 0.2) is 0 Å². The highest BCUT2D eigenvalue weighted by Crippen LogP contribution is 2.18. The van der Waals surface area contributed by atoms with Gasteiger partial charge in [-0.1, -0.05) is 75.1 Å². The van der Waals surface area contributed by atoms with Crippen molar-refractivity contribution < 1.29 is 0 Å². The molecule has 0 heteroatoms. The molecule has 0 radical (unpaired) electrons. The standard InChI is InChI=1S/C17H26/c1-4-6-8-16(7-5-2)13-14-17-11-9-15(3)10-12-17/h9-14,16H,4-8H2,1-3H3. The van der Waals surface area contributed by atoms with Gasteiger partial charge in [-0.05, 0) is 31.2 Å². The van der Waals surface area contributed by atoms with E-state index in [2.05, 4.69) is 57.2 Å². The highest BCUT2D eigenvalue weighted by molar-refractivity contribution is 5.49. The fourth-order valence-corrected chi connectivity index (χ4v) is 2.10. The number of rotatable bonds is 7. The molecule has 0 spiro atoms. The molecular weight excluding hydrogens is 204 g/mol. The van der Waals surface area contributed by atoms with Gasteiger partial charge in [0.2, 0.25) is 0 Å². The Morgan fingerprint density at radius 1 is 1.00 bits per heavy atom. The smallest absolute Gasteiger partial charge is 0.0230 e. The van der Waals surface area contributed by atoms with Crippen molar-refractivity contribution in [2.75, 3.05) is 0 Å². The summed E-state index contributed by atoms with van der Waals surface area (Å²) in [6.45, 7) is 6.68. The predicted molar refractivity (Wildman–Crippen MR) is 78.1 cm³/mol. The number of allylic oxidation sites excluding steroid dienone is 1. The second kappa shape index (κ2) is 8.11. The van der Waals surface area contributed by atoms with E-state index in [0.717, 1.165) is 5.92 Å². The first-order valence-corrected chi connectivity index (χ1v) is 7.01. The Kier molecular flexibility index (Phi) is 6.69. The minimum atomic E-state index is 0.765. The van der Waals surface area contributed by atoms with Gasteiger partial charge < -0.3 is 0 Å². The van der Waals surface area contributed by atoms with E-state index in [9.17, 15) is 0 Å². The third kappa shape index (κ3) is 5.72. The van der Waals surface area contributed by atoms with E-state index in [0.29, 0.717) is 0 Å². The number of benzene rings is 1. The van der Waals surface area contributed by atoms with Crippen LogP contribution in [0.5, 0.6) is 0 Å². The lowest BCUT2D eigenvalue weighted by molar-refractivity contribution is 0.513. The molecule has 1 aromatic carbocycles. The van der Waals surface area contributed by atoms with Crippen molar-refractivity contribution >= 4 is 6.08 Å². The van der Waals surface area contributed by atoms with E-state index < -0.39 is 0 Å². The zero-order chi connectivity index (χ0) is 12.5. The lowest BCUT2D eigenvalue weighted by Gasteiger charge is -2.10. The summed E-state index contributed by atoms with van der Waals surface area (Å²) >= 11 is 0. The lowest BCUT2D eigenvalue weighted by Crippen LogP contribution is -1.95. The van der Waals surface area contributed by atoms with Crippen LogP contribution >= 0.6 is 0 Å². The summed E-state index contributed by atoms with van der Waals surface area (Å²) < 4.78 is 0. The molecule has 0 aliphatic rings. The molecular formula is C17H26. The van der Waals surface area contributed by atoms with Crippen molar-refractivity contribution in [2.45, 2.75) is 52.9 Å². The predicted octanol–water partition coefficient (Wildman–Crippen LogP) is 5.61. The number of unbranched alkanes of at least 4 members (excludes halogenated alkanes) is 1. The van der Waals surface area contributed by atoms with Gasteiger partial charge in [-0.15, -0.1) is 0 Å². The molecule has 1 aromatic rings. The Labute approximate surface area is 107 Å². The molecule has 0 amide bonds. The zero-order valence-electron chi connectivity index (χ0n) is 11.6. The van der Waals surface area contributed by atoms with Crippen LogP contribution in [0.15, 0.2) is 30.3 Å². The van der Waals surface area contributed by atoms with Gasteiger partial charge in [0, 0.05) is 0 Å². The maximum absolute atomic E-state index is 2.41. The average Bonchev–Trinajstić information content (AvgIpc) is 2.35. The third-order valence-corrected chi connectivity index (χ3v) is 3.23. The first-order valence-electron chi connectivity index (χ1n) is 7.01. The SMILES string of the molecule is CCCCC(C=Cc1ccc(C)cc1)CCC. The maximum Gasteiger partial charge on any atom is -0.0230 e. The van der Waals surface area contributed by atoms with Crippen LogP contribution in [-0.2, 0) is 0 Å². The van der Waals surface area contributed by atoms with Gasteiger partial charge in [-0.2, -0.15) is 0 Å². The van der Waals surface area contributed by atoms with Crippen LogP contribution in [0.4, 0.5) is 0 Å². The van der Waals surface area contributed by atoms with Crippen LogP contribution in [0.3, 0.4) is 0 Å². The van der Waals surface area contributed by atoms with Crippen LogP contribution in [0, 0.1) is 12.8 Å². The average molecular weight is 230 g/mol. The molecule has 0 nitrogen and oxygen atoms in total. The molecule has 1 rings (SSSR count). The van der Waals surface area contributed by atoms with Crippen molar-refractivity contribution in [3.63, 3.8) is 0 Å². The topological polar surface area (TPSA) is 0 Å². The molecule has 0 aliphatic carbocycles. The van der Waals surface area contributed by atoms with Crippen LogP contribution in [0.1, 0.15) is 57.1 Å². The highest BCUT2D eigenvalue weighted by atomic mass is 14.1. The van der Waals surface area contributed by atoms with E-state index in [1.54, 1.807) is 0 Å². The summed E-state index contributed by atoms with van der Waals surface area (Å²) in [5.74, 6) is 0.765. The Balaban J connectivity index is 2.55. The molecule has 0 saturated carbocycles. The summed E-state index contributed by atoms with van der Waals surface area (Å²) in [5, 5.41) is 0. The quantitative estimate of drug-likeness (QED) is 0.570. The van der Waals surface area contributed by atoms with Gasteiger partial charge in [0.05, 0.1) is 0 Å². The monoisotopic (exact) mass is 230 g/mol. The Morgan fingerprint density at radius 3 is 2.29 bits per heavy atom. The zero-order valence-corrected chi connectivity index (χ0v) is 11.6. The summed E-state index contributed by atoms with van der Waals surface area (Å²) in [5.41, 5.74) is 2.66. The molecule has 0 saturated heterocycles. The van der Waals surface area contributed by atoms with Crippen molar-refractivity contribution in [1.82, 2.24) is 0 Å². The van der Waals surface area contributed by atoms with Crippen molar-refractivity contribution in [3.8, 4) is 0 Å². The summed E-state index contributed by atoms with van der Waals surface area (Å²) in [4.78, 5) is 0. The van der Waals surface area contributed by atoms with Crippen molar-refractivity contribution in [3.05, 3.63) is 41.5 Å². The molecule has 0 heterocycles. The first kappa shape index (κ1) is 14.0. The maximum atomic E-state index is 2.41. The second-order valence-electron chi connectivity index (χ2n) is 4.96. The van der Waals surface area contributed by atoms with Crippen LogP contribution in [0.2, 0.25) is 0 Å². The number of hydrogen-bond donors (Lipinski definition) is 0. The largest absolute Gasteiger partial charge is 0.0808 e. The van der Waals surface area contributed by atoms with Gasteiger partial charge in [0.1, 0.15) is 0 Å². The molecule has 0 aliphatic heterocycles. The third-order valence-electron chi connectivity index (χ3n) is 3.23. The van der Waals surface area contributed by atoms with E-state index >= 15 is 0 Å². The van der Waals surface area contributed by atoms with Gasteiger partial charge in [0.25, 0.3) is 0 Å². The summed E-state index contributed by atoms with van der Waals surface area (Å²) in [6.07, 6.45) is 11.3. The molecule has 0 fully saturated rings. The fraction of sp³-hybridized carbons (Fsp3) is 0.529. The van der Waals surface area contributed by atoms with Gasteiger partial charge >= 0.3 is 0 Å². The van der Waals surface area contributed by atoms with Crippen LogP contribution < -0.4 is 0 Å². The van der Waals surface area contributed by atoms with Crippen molar-refractivity contribution in [1.29, 1.82) is 0 Å². The molecule has 94 valence electrons. The molecule has 17 heavy (non-hydrogen) atoms. The Hall–Kier alpha value is -1.04. The fourth-order valence-electron chi connectivity index (χ4n) is 2.10. The Morgan fingerprint density at radius 2 is 1.71 bits per heavy atom. The second-order valence-corrected chi connectivity index (χ2v) is 4.96. The van der Waals surface area contributed by atoms with Gasteiger partial charge in [-0.25, -0.2) is 0 Å². The Bertz CT molecular complexity index is 318. The number of hydrogen-bond acceptors (Lipinski definition) is 0. The minimum Gasteiger partial charge on any atom is -0.0808 e. The summed E-state index contributed by atoms with van der Waals surface area (Å²) in [6, 6.07) is 8.77. The van der Waals surface area contributed by atoms with E-state index in [-0.39, 0.29) is 0 Å². The van der Waals surface area contributed by atoms with E-state index in [1.807, 2.05) is 0 Å². The van der Waals surface area contributed by atoms with E-state index in [4.69, 9.17) is 0 Å². The molecule has 1 atom stereocenters. The molecule has 0 N–H and O–H groups in total. The molecule has 0 bridgehead atoms. The van der Waals surface area contributed by atoms with Gasteiger partial charge in [-0.3, -0.25) is 0 Å². The minimum absolute atomic E-state index is 0.765.